The number of benzene rings is 1. The Bertz CT molecular complexity index is 618. The van der Waals surface area contributed by atoms with Gasteiger partial charge in [0, 0.05) is 6.04 Å². The number of hydrogen-bond donors (Lipinski definition) is 2. The van der Waals surface area contributed by atoms with Crippen molar-refractivity contribution in [3.63, 3.8) is 0 Å². The van der Waals surface area contributed by atoms with Crippen LogP contribution in [0.25, 0.3) is 0 Å². The second-order valence-corrected chi connectivity index (χ2v) is 7.39. The van der Waals surface area contributed by atoms with Gasteiger partial charge in [0.1, 0.15) is 4.90 Å². The molecule has 0 saturated heterocycles. The third kappa shape index (κ3) is 5.37. The molecule has 0 aliphatic rings. The van der Waals surface area contributed by atoms with Crippen LogP contribution in [0, 0.1) is 17.2 Å². The number of nitrogens with zero attached hydrogens (tertiary/aromatic N) is 1. The van der Waals surface area contributed by atoms with Gasteiger partial charge in [-0.3, -0.25) is 0 Å². The Labute approximate surface area is 127 Å². The molecule has 1 atom stereocenters. The Morgan fingerprint density at radius 3 is 2.48 bits per heavy atom. The first kappa shape index (κ1) is 17.5. The Morgan fingerprint density at radius 1 is 1.29 bits per heavy atom. The molecule has 0 aromatic heterocycles. The van der Waals surface area contributed by atoms with Crippen LogP contribution < -0.4 is 10.5 Å². The topological polar surface area (TPSA) is 96.0 Å². The van der Waals surface area contributed by atoms with Crippen molar-refractivity contribution in [2.45, 2.75) is 51.0 Å². The highest BCUT2D eigenvalue weighted by molar-refractivity contribution is 7.89. The van der Waals surface area contributed by atoms with Crippen LogP contribution in [0.2, 0.25) is 0 Å². The number of nitrogens with one attached hydrogen (secondary N) is 1. The molecule has 0 aliphatic carbocycles. The van der Waals surface area contributed by atoms with Crippen molar-refractivity contribution in [2.24, 2.45) is 5.92 Å². The number of rotatable bonds is 7. The van der Waals surface area contributed by atoms with Gasteiger partial charge in [-0.25, -0.2) is 13.1 Å². The van der Waals surface area contributed by atoms with E-state index < -0.39 is 10.0 Å². The molecule has 0 spiro atoms. The molecule has 1 aromatic rings. The van der Waals surface area contributed by atoms with Gasteiger partial charge >= 0.3 is 0 Å². The first-order chi connectivity index (χ1) is 9.76. The van der Waals surface area contributed by atoms with E-state index in [1.807, 2.05) is 13.0 Å². The number of nitrogens with two attached hydrogens (primary N) is 1. The van der Waals surface area contributed by atoms with Gasteiger partial charge in [0.05, 0.1) is 17.3 Å². The predicted molar refractivity (Wildman–Crippen MR) is 84.0 cm³/mol. The van der Waals surface area contributed by atoms with E-state index in [0.29, 0.717) is 11.5 Å². The van der Waals surface area contributed by atoms with Crippen molar-refractivity contribution in [3.8, 4) is 6.07 Å². The number of anilines is 1. The van der Waals surface area contributed by atoms with Gasteiger partial charge in [0.25, 0.3) is 0 Å². The molecule has 116 valence electrons. The second-order valence-electron chi connectivity index (χ2n) is 5.71. The monoisotopic (exact) mass is 309 g/mol. The zero-order valence-electron chi connectivity index (χ0n) is 12.8. The molecular weight excluding hydrogens is 286 g/mol. The van der Waals surface area contributed by atoms with E-state index in [9.17, 15) is 8.42 Å². The zero-order valence-corrected chi connectivity index (χ0v) is 13.6. The van der Waals surface area contributed by atoms with Gasteiger partial charge in [0.2, 0.25) is 10.0 Å². The van der Waals surface area contributed by atoms with Crippen molar-refractivity contribution < 1.29 is 8.42 Å². The largest absolute Gasteiger partial charge is 0.398 e. The average molecular weight is 309 g/mol. The maximum Gasteiger partial charge on any atom is 0.242 e. The first-order valence-electron chi connectivity index (χ1n) is 7.08. The van der Waals surface area contributed by atoms with Gasteiger partial charge in [-0.05, 0) is 37.5 Å². The Kier molecular flexibility index (Phi) is 6.19. The van der Waals surface area contributed by atoms with Crippen LogP contribution in [0.15, 0.2) is 23.1 Å². The number of sulfonamides is 1. The lowest BCUT2D eigenvalue weighted by Gasteiger charge is -2.16. The Morgan fingerprint density at radius 2 is 1.95 bits per heavy atom. The van der Waals surface area contributed by atoms with E-state index >= 15 is 0 Å². The number of nitriles is 1. The van der Waals surface area contributed by atoms with Gasteiger partial charge in [-0.1, -0.05) is 26.7 Å². The van der Waals surface area contributed by atoms with Crippen LogP contribution in [0.4, 0.5) is 5.69 Å². The predicted octanol–water partition coefficient (Wildman–Crippen LogP) is 2.63. The average Bonchev–Trinajstić information content (AvgIpc) is 2.36. The zero-order chi connectivity index (χ0) is 16.0. The molecule has 1 unspecified atom stereocenters. The summed E-state index contributed by atoms with van der Waals surface area (Å²) in [4.78, 5) is 0.0252. The lowest BCUT2D eigenvalue weighted by atomic mass is 10.0. The van der Waals surface area contributed by atoms with Gasteiger partial charge < -0.3 is 5.73 Å². The van der Waals surface area contributed by atoms with E-state index in [0.717, 1.165) is 19.3 Å². The molecule has 0 amide bonds. The van der Waals surface area contributed by atoms with Crippen LogP contribution in [0.1, 0.15) is 45.6 Å². The molecular formula is C15H23N3O2S. The van der Waals surface area contributed by atoms with E-state index in [2.05, 4.69) is 18.6 Å². The molecule has 5 nitrogen and oxygen atoms in total. The second kappa shape index (κ2) is 7.43. The van der Waals surface area contributed by atoms with Crippen molar-refractivity contribution in [1.29, 1.82) is 5.26 Å². The SMILES string of the molecule is CC(C)CCCC(C)NS(=O)(=O)c1ccc(C#N)cc1N. The molecule has 21 heavy (non-hydrogen) atoms. The van der Waals surface area contributed by atoms with Crippen LogP contribution in [-0.4, -0.2) is 14.5 Å². The fourth-order valence-corrected chi connectivity index (χ4v) is 3.47. The van der Waals surface area contributed by atoms with E-state index in [4.69, 9.17) is 11.0 Å². The van der Waals surface area contributed by atoms with Gasteiger partial charge in [-0.2, -0.15) is 5.26 Å². The van der Waals surface area contributed by atoms with Crippen molar-refractivity contribution >= 4 is 15.7 Å². The maximum atomic E-state index is 12.3. The van der Waals surface area contributed by atoms with Crippen LogP contribution in [-0.2, 0) is 10.0 Å². The third-order valence-electron chi connectivity index (χ3n) is 3.20. The fraction of sp³-hybridized carbons (Fsp3) is 0.533. The highest BCUT2D eigenvalue weighted by atomic mass is 32.2. The lowest BCUT2D eigenvalue weighted by Crippen LogP contribution is -2.33. The number of nitrogen functional groups attached to an aromatic ring is 1. The summed E-state index contributed by atoms with van der Waals surface area (Å²) in [5.41, 5.74) is 6.17. The van der Waals surface area contributed by atoms with E-state index in [1.54, 1.807) is 0 Å². The van der Waals surface area contributed by atoms with Crippen molar-refractivity contribution in [3.05, 3.63) is 23.8 Å². The smallest absolute Gasteiger partial charge is 0.242 e. The van der Waals surface area contributed by atoms with Gasteiger partial charge in [0.15, 0.2) is 0 Å². The minimum atomic E-state index is -3.65. The molecule has 6 heteroatoms. The van der Waals surface area contributed by atoms with E-state index in [1.165, 1.54) is 18.2 Å². The standard InChI is InChI=1S/C15H23N3O2S/c1-11(2)5-4-6-12(3)18-21(19,20)15-8-7-13(10-16)9-14(15)17/h7-9,11-12,18H,4-6,17H2,1-3H3. The Balaban J connectivity index is 2.75. The number of hydrogen-bond acceptors (Lipinski definition) is 4. The minimum Gasteiger partial charge on any atom is -0.398 e. The highest BCUT2D eigenvalue weighted by Crippen LogP contribution is 2.20. The lowest BCUT2D eigenvalue weighted by molar-refractivity contribution is 0.488. The minimum absolute atomic E-state index is 0.0252. The molecule has 0 aliphatic heterocycles. The van der Waals surface area contributed by atoms with E-state index in [-0.39, 0.29) is 16.6 Å². The third-order valence-corrected chi connectivity index (χ3v) is 4.87. The quantitative estimate of drug-likeness (QED) is 0.757. The Hall–Kier alpha value is -1.58. The molecule has 0 heterocycles. The van der Waals surface area contributed by atoms with Crippen molar-refractivity contribution in [2.75, 3.05) is 5.73 Å². The molecule has 0 radical (unpaired) electrons. The summed E-state index contributed by atoms with van der Waals surface area (Å²) in [6.45, 7) is 6.14. The summed E-state index contributed by atoms with van der Waals surface area (Å²) >= 11 is 0. The fourth-order valence-electron chi connectivity index (χ4n) is 2.08. The molecule has 0 bridgehead atoms. The van der Waals surface area contributed by atoms with Crippen molar-refractivity contribution in [1.82, 2.24) is 4.72 Å². The normalized spacial score (nSPS) is 13.1. The maximum absolute atomic E-state index is 12.3. The summed E-state index contributed by atoms with van der Waals surface area (Å²) in [7, 11) is -3.65. The molecule has 1 rings (SSSR count). The van der Waals surface area contributed by atoms with Crippen LogP contribution in [0.5, 0.6) is 0 Å². The molecule has 1 aromatic carbocycles. The summed E-state index contributed by atoms with van der Waals surface area (Å²) in [5, 5.41) is 8.77. The van der Waals surface area contributed by atoms with Crippen LogP contribution >= 0.6 is 0 Å². The summed E-state index contributed by atoms with van der Waals surface area (Å²) in [6, 6.07) is 5.98. The van der Waals surface area contributed by atoms with Gasteiger partial charge in [-0.15, -0.1) is 0 Å². The summed E-state index contributed by atoms with van der Waals surface area (Å²) in [5.74, 6) is 0.614. The molecule has 0 saturated carbocycles. The molecule has 3 N–H and O–H groups in total. The first-order valence-corrected chi connectivity index (χ1v) is 8.56. The highest BCUT2D eigenvalue weighted by Gasteiger charge is 2.20. The summed E-state index contributed by atoms with van der Waals surface area (Å²) in [6.07, 6.45) is 2.84. The summed E-state index contributed by atoms with van der Waals surface area (Å²) < 4.78 is 27.2. The molecule has 0 fully saturated rings. The van der Waals surface area contributed by atoms with Crippen LogP contribution in [0.3, 0.4) is 0 Å².